The van der Waals surface area contributed by atoms with E-state index in [-0.39, 0.29) is 18.9 Å². The lowest BCUT2D eigenvalue weighted by atomic mass is 10.0. The first-order valence-corrected chi connectivity index (χ1v) is 14.2. The summed E-state index contributed by atoms with van der Waals surface area (Å²) in [7, 11) is -3.84. The number of sulfonamides is 1. The number of likely N-dealkylation sites (N-methyl/N-ethyl adjacent to an activating group) is 1. The SMILES string of the molecule is CCNC(=O)[C@H](Cc1ccccc1)N(Cc1ccc(F)cc1)C(=O)CN(c1ccc(C)cc1C)S(C)(=O)=O. The maximum Gasteiger partial charge on any atom is 0.244 e. The summed E-state index contributed by atoms with van der Waals surface area (Å²) in [6.07, 6.45) is 1.27. The van der Waals surface area contributed by atoms with Gasteiger partial charge in [-0.1, -0.05) is 60.2 Å². The Bertz CT molecular complexity index is 1360. The van der Waals surface area contributed by atoms with Crippen molar-refractivity contribution in [2.24, 2.45) is 0 Å². The molecule has 0 spiro atoms. The summed E-state index contributed by atoms with van der Waals surface area (Å²) >= 11 is 0. The number of aryl methyl sites for hydroxylation is 2. The Balaban J connectivity index is 2.05. The van der Waals surface area contributed by atoms with E-state index >= 15 is 0 Å². The van der Waals surface area contributed by atoms with Crippen LogP contribution in [0.15, 0.2) is 72.8 Å². The molecule has 0 saturated carbocycles. The topological polar surface area (TPSA) is 86.8 Å². The van der Waals surface area contributed by atoms with Crippen LogP contribution in [0, 0.1) is 19.7 Å². The average molecular weight is 540 g/mol. The molecule has 3 aromatic rings. The smallest absolute Gasteiger partial charge is 0.244 e. The molecule has 0 radical (unpaired) electrons. The van der Waals surface area contributed by atoms with Gasteiger partial charge in [-0.3, -0.25) is 13.9 Å². The second-order valence-corrected chi connectivity index (χ2v) is 11.2. The lowest BCUT2D eigenvalue weighted by Gasteiger charge is -2.33. The van der Waals surface area contributed by atoms with Crippen LogP contribution in [-0.4, -0.2) is 50.5 Å². The van der Waals surface area contributed by atoms with Gasteiger partial charge >= 0.3 is 0 Å². The third-order valence-corrected chi connectivity index (χ3v) is 7.31. The average Bonchev–Trinajstić information content (AvgIpc) is 2.86. The minimum atomic E-state index is -3.84. The van der Waals surface area contributed by atoms with Crippen LogP contribution in [0.2, 0.25) is 0 Å². The number of amides is 2. The van der Waals surface area contributed by atoms with Crippen molar-refractivity contribution in [3.63, 3.8) is 0 Å². The van der Waals surface area contributed by atoms with E-state index < -0.39 is 34.3 Å². The Kier molecular flexibility index (Phi) is 9.63. The molecule has 3 rings (SSSR count). The summed E-state index contributed by atoms with van der Waals surface area (Å²) in [5.74, 6) is -1.33. The molecule has 202 valence electrons. The molecule has 9 heteroatoms. The summed E-state index contributed by atoms with van der Waals surface area (Å²) in [6, 6.07) is 19.3. The highest BCUT2D eigenvalue weighted by Gasteiger charge is 2.33. The first-order chi connectivity index (χ1) is 18.0. The predicted molar refractivity (Wildman–Crippen MR) is 148 cm³/mol. The number of nitrogens with one attached hydrogen (secondary N) is 1. The normalized spacial score (nSPS) is 12.0. The number of hydrogen-bond donors (Lipinski definition) is 1. The van der Waals surface area contributed by atoms with Crippen molar-refractivity contribution in [1.29, 1.82) is 0 Å². The Hall–Kier alpha value is -3.72. The Morgan fingerprint density at radius 2 is 1.61 bits per heavy atom. The van der Waals surface area contributed by atoms with Crippen LogP contribution in [-0.2, 0) is 32.6 Å². The molecule has 2 amide bonds. The standard InChI is InChI=1S/C29H34FN3O4S/c1-5-31-29(35)27(18-23-9-7-6-8-10-23)32(19-24-12-14-25(30)15-13-24)28(34)20-33(38(4,36)37)26-16-11-21(2)17-22(26)3/h6-17,27H,5,18-20H2,1-4H3,(H,31,35)/t27-/m0/s1. The second-order valence-electron chi connectivity index (χ2n) is 9.31. The number of carbonyl (C=O) groups is 2. The molecule has 7 nitrogen and oxygen atoms in total. The minimum absolute atomic E-state index is 0.00176. The molecule has 0 aliphatic rings. The molecule has 1 N–H and O–H groups in total. The fourth-order valence-electron chi connectivity index (χ4n) is 4.31. The van der Waals surface area contributed by atoms with Crippen LogP contribution in [0.5, 0.6) is 0 Å². The van der Waals surface area contributed by atoms with Gasteiger partial charge in [0.1, 0.15) is 18.4 Å². The molecular formula is C29H34FN3O4S. The van der Waals surface area contributed by atoms with E-state index in [0.717, 1.165) is 21.7 Å². The van der Waals surface area contributed by atoms with Crippen LogP contribution >= 0.6 is 0 Å². The fraction of sp³-hybridized carbons (Fsp3) is 0.310. The van der Waals surface area contributed by atoms with E-state index in [9.17, 15) is 22.4 Å². The maximum absolute atomic E-state index is 13.9. The van der Waals surface area contributed by atoms with Gasteiger partial charge in [0.05, 0.1) is 11.9 Å². The number of benzene rings is 3. The monoisotopic (exact) mass is 539 g/mol. The lowest BCUT2D eigenvalue weighted by molar-refractivity contribution is -0.140. The van der Waals surface area contributed by atoms with Crippen molar-refractivity contribution in [3.05, 3.63) is 101 Å². The van der Waals surface area contributed by atoms with Gasteiger partial charge in [-0.15, -0.1) is 0 Å². The van der Waals surface area contributed by atoms with Gasteiger partial charge in [0, 0.05) is 19.5 Å². The Morgan fingerprint density at radius 1 is 0.947 bits per heavy atom. The van der Waals surface area contributed by atoms with Gasteiger partial charge in [0.2, 0.25) is 21.8 Å². The first-order valence-electron chi connectivity index (χ1n) is 12.4. The van der Waals surface area contributed by atoms with E-state index in [1.807, 2.05) is 43.3 Å². The second kappa shape index (κ2) is 12.7. The van der Waals surface area contributed by atoms with Crippen molar-refractivity contribution in [2.45, 2.75) is 39.8 Å². The van der Waals surface area contributed by atoms with Gasteiger partial charge in [-0.25, -0.2) is 12.8 Å². The molecule has 0 heterocycles. The third kappa shape index (κ3) is 7.64. The van der Waals surface area contributed by atoms with Crippen molar-refractivity contribution in [2.75, 3.05) is 23.7 Å². The number of rotatable bonds is 11. The molecule has 38 heavy (non-hydrogen) atoms. The number of carbonyl (C=O) groups excluding carboxylic acids is 2. The number of nitrogens with zero attached hydrogens (tertiary/aromatic N) is 2. The number of hydrogen-bond acceptors (Lipinski definition) is 4. The molecule has 3 aromatic carbocycles. The first kappa shape index (κ1) is 28.8. The lowest BCUT2D eigenvalue weighted by Crippen LogP contribution is -2.53. The molecule has 0 fully saturated rings. The summed E-state index contributed by atoms with van der Waals surface area (Å²) < 4.78 is 40.4. The molecule has 0 aliphatic heterocycles. The zero-order valence-electron chi connectivity index (χ0n) is 22.1. The zero-order chi connectivity index (χ0) is 27.9. The highest BCUT2D eigenvalue weighted by atomic mass is 32.2. The minimum Gasteiger partial charge on any atom is -0.355 e. The summed E-state index contributed by atoms with van der Waals surface area (Å²) in [4.78, 5) is 28.6. The molecule has 0 bridgehead atoms. The van der Waals surface area contributed by atoms with Gasteiger partial charge in [-0.05, 0) is 55.7 Å². The maximum atomic E-state index is 13.9. The van der Waals surface area contributed by atoms with Crippen LogP contribution in [0.3, 0.4) is 0 Å². The van der Waals surface area contributed by atoms with Gasteiger partial charge < -0.3 is 10.2 Å². The summed E-state index contributed by atoms with van der Waals surface area (Å²) in [5, 5.41) is 2.80. The van der Waals surface area contributed by atoms with E-state index in [0.29, 0.717) is 23.4 Å². The molecule has 0 aromatic heterocycles. The van der Waals surface area contributed by atoms with Crippen LogP contribution in [0.25, 0.3) is 0 Å². The van der Waals surface area contributed by atoms with Crippen LogP contribution < -0.4 is 9.62 Å². The van der Waals surface area contributed by atoms with Crippen LogP contribution in [0.4, 0.5) is 10.1 Å². The summed E-state index contributed by atoms with van der Waals surface area (Å²) in [5.41, 5.74) is 3.52. The van der Waals surface area contributed by atoms with Crippen LogP contribution in [0.1, 0.15) is 29.2 Å². The number of halogens is 1. The highest BCUT2D eigenvalue weighted by molar-refractivity contribution is 7.92. The predicted octanol–water partition coefficient (Wildman–Crippen LogP) is 3.98. The molecular weight excluding hydrogens is 505 g/mol. The van der Waals surface area contributed by atoms with E-state index in [1.54, 1.807) is 38.1 Å². The highest BCUT2D eigenvalue weighted by Crippen LogP contribution is 2.24. The molecule has 0 unspecified atom stereocenters. The molecule has 0 aliphatic carbocycles. The summed E-state index contributed by atoms with van der Waals surface area (Å²) in [6.45, 7) is 5.34. The van der Waals surface area contributed by atoms with E-state index in [4.69, 9.17) is 0 Å². The van der Waals surface area contributed by atoms with Gasteiger partial charge in [0.25, 0.3) is 0 Å². The third-order valence-electron chi connectivity index (χ3n) is 6.19. The zero-order valence-corrected chi connectivity index (χ0v) is 23.0. The fourth-order valence-corrected chi connectivity index (χ4v) is 5.22. The Morgan fingerprint density at radius 3 is 2.18 bits per heavy atom. The van der Waals surface area contributed by atoms with Crippen molar-refractivity contribution in [3.8, 4) is 0 Å². The quantitative estimate of drug-likeness (QED) is 0.399. The molecule has 0 saturated heterocycles. The largest absolute Gasteiger partial charge is 0.355 e. The van der Waals surface area contributed by atoms with Crippen molar-refractivity contribution < 1.29 is 22.4 Å². The van der Waals surface area contributed by atoms with E-state index in [1.165, 1.54) is 17.0 Å². The van der Waals surface area contributed by atoms with Gasteiger partial charge in [-0.2, -0.15) is 0 Å². The molecule has 1 atom stereocenters. The van der Waals surface area contributed by atoms with Crippen molar-refractivity contribution >= 4 is 27.5 Å². The Labute approximate surface area is 224 Å². The number of anilines is 1. The van der Waals surface area contributed by atoms with E-state index in [2.05, 4.69) is 5.32 Å². The van der Waals surface area contributed by atoms with Crippen molar-refractivity contribution in [1.82, 2.24) is 10.2 Å². The van der Waals surface area contributed by atoms with Gasteiger partial charge in [0.15, 0.2) is 0 Å².